The third-order valence-electron chi connectivity index (χ3n) is 2.74. The van der Waals surface area contributed by atoms with Crippen LogP contribution in [-0.4, -0.2) is 21.1 Å². The van der Waals surface area contributed by atoms with E-state index in [1.165, 1.54) is 24.3 Å². The van der Waals surface area contributed by atoms with Crippen molar-refractivity contribution in [3.05, 3.63) is 36.0 Å². The van der Waals surface area contributed by atoms with Crippen molar-refractivity contribution in [3.8, 4) is 0 Å². The highest BCUT2D eigenvalue weighted by atomic mass is 32.2. The van der Waals surface area contributed by atoms with Gasteiger partial charge < -0.3 is 18.4 Å². The van der Waals surface area contributed by atoms with Gasteiger partial charge in [-0.3, -0.25) is 10.9 Å². The summed E-state index contributed by atoms with van der Waals surface area (Å²) >= 11 is 0. The molecule has 0 atom stereocenters. The van der Waals surface area contributed by atoms with Crippen LogP contribution in [0.2, 0.25) is 0 Å². The van der Waals surface area contributed by atoms with Crippen molar-refractivity contribution in [2.45, 2.75) is 13.1 Å². The second-order valence-corrected chi connectivity index (χ2v) is 5.25. The average Bonchev–Trinajstić information content (AvgIpc) is 2.53. The molecule has 0 aliphatic heterocycles. The average molecular weight is 375 g/mol. The third-order valence-corrected chi connectivity index (χ3v) is 3.10. The number of halogens is 3. The van der Waals surface area contributed by atoms with Crippen molar-refractivity contribution >= 4 is 34.0 Å². The lowest BCUT2D eigenvalue weighted by atomic mass is 10.3. The zero-order chi connectivity index (χ0) is 18.4. The molecule has 0 unspecified atom stereocenters. The van der Waals surface area contributed by atoms with E-state index in [1.54, 1.807) is 6.92 Å². The van der Waals surface area contributed by atoms with E-state index in [0.29, 0.717) is 12.2 Å². The van der Waals surface area contributed by atoms with Crippen molar-refractivity contribution in [3.63, 3.8) is 0 Å². The summed E-state index contributed by atoms with van der Waals surface area (Å²) in [4.78, 5) is 7.33. The molecular formula is C13H14F3N6O2S-. The Hall–Kier alpha value is -2.60. The molecule has 0 bridgehead atoms. The molecule has 1 aromatic heterocycles. The van der Waals surface area contributed by atoms with E-state index in [9.17, 15) is 17.4 Å². The lowest BCUT2D eigenvalue weighted by Crippen LogP contribution is -2.16. The molecule has 0 radical (unpaired) electrons. The minimum atomic E-state index is -4.60. The van der Waals surface area contributed by atoms with Gasteiger partial charge in [-0.15, -0.1) is 0 Å². The Kier molecular flexibility index (Phi) is 5.98. The van der Waals surface area contributed by atoms with Crippen LogP contribution in [0.3, 0.4) is 0 Å². The minimum Gasteiger partial charge on any atom is -0.454 e. The second kappa shape index (κ2) is 7.98. The number of hydrazine groups is 1. The molecule has 1 heterocycles. The summed E-state index contributed by atoms with van der Waals surface area (Å²) < 4.78 is 61.3. The van der Waals surface area contributed by atoms with Gasteiger partial charge in [0.15, 0.2) is 11.5 Å². The number of benzene rings is 1. The molecule has 0 amide bonds. The Bertz CT molecular complexity index is 806. The summed E-state index contributed by atoms with van der Waals surface area (Å²) in [7, 11) is -2.31. The van der Waals surface area contributed by atoms with E-state index in [-0.39, 0.29) is 17.5 Å². The van der Waals surface area contributed by atoms with Gasteiger partial charge in [0, 0.05) is 18.3 Å². The van der Waals surface area contributed by atoms with E-state index in [2.05, 4.69) is 30.5 Å². The molecule has 4 N–H and O–H groups in total. The largest absolute Gasteiger partial charge is 0.454 e. The van der Waals surface area contributed by atoms with E-state index >= 15 is 0 Å². The van der Waals surface area contributed by atoms with Crippen molar-refractivity contribution in [1.29, 1.82) is 0 Å². The van der Waals surface area contributed by atoms with Crippen LogP contribution in [0.15, 0.2) is 34.7 Å². The normalized spacial score (nSPS) is 12.7. The van der Waals surface area contributed by atoms with Crippen LogP contribution in [0.4, 0.5) is 36.3 Å². The summed E-state index contributed by atoms with van der Waals surface area (Å²) in [6.07, 6.45) is -4.60. The van der Waals surface area contributed by atoms with Crippen molar-refractivity contribution in [2.75, 3.05) is 22.7 Å². The molecular weight excluding hydrogens is 361 g/mol. The van der Waals surface area contributed by atoms with Crippen molar-refractivity contribution in [2.24, 2.45) is 4.36 Å². The van der Waals surface area contributed by atoms with Gasteiger partial charge in [-0.25, -0.2) is 4.98 Å². The van der Waals surface area contributed by atoms with E-state index in [0.717, 1.165) is 6.07 Å². The number of rotatable bonds is 6. The van der Waals surface area contributed by atoms with Gasteiger partial charge in [-0.2, -0.15) is 18.2 Å². The van der Waals surface area contributed by atoms with Gasteiger partial charge in [0.1, 0.15) is 0 Å². The number of anilines is 3. The first-order valence-electron chi connectivity index (χ1n) is 6.93. The molecule has 0 saturated heterocycles. The van der Waals surface area contributed by atoms with Crippen LogP contribution in [0.1, 0.15) is 12.6 Å². The van der Waals surface area contributed by atoms with Gasteiger partial charge >= 0.3 is 6.18 Å². The van der Waals surface area contributed by atoms with Crippen molar-refractivity contribution in [1.82, 2.24) is 9.97 Å². The van der Waals surface area contributed by atoms with Crippen LogP contribution in [0, 0.1) is 0 Å². The van der Waals surface area contributed by atoms with Gasteiger partial charge in [0.05, 0.1) is 5.69 Å². The predicted octanol–water partition coefficient (Wildman–Crippen LogP) is 3.62. The summed E-state index contributed by atoms with van der Waals surface area (Å²) in [6, 6.07) is 6.74. The molecule has 0 fully saturated rings. The summed E-state index contributed by atoms with van der Waals surface area (Å²) in [5, 5.41) is 2.63. The quantitative estimate of drug-likeness (QED) is 0.347. The van der Waals surface area contributed by atoms with Gasteiger partial charge in [-0.05, 0) is 31.2 Å². The summed E-state index contributed by atoms with van der Waals surface area (Å²) in [5.41, 5.74) is 4.91. The Morgan fingerprint density at radius 2 is 1.88 bits per heavy atom. The molecule has 1 aromatic carbocycles. The SMILES string of the molecule is CCNc1nc(NNc2ccc(N=[S-](=O)O)cc2)cc(C(F)(F)F)n1. The number of aromatic nitrogens is 2. The highest BCUT2D eigenvalue weighted by Gasteiger charge is 2.33. The van der Waals surface area contributed by atoms with Crippen LogP contribution in [0.25, 0.3) is 0 Å². The number of nitrogens with one attached hydrogen (secondary N) is 3. The maximum absolute atomic E-state index is 12.9. The molecule has 25 heavy (non-hydrogen) atoms. The third kappa shape index (κ3) is 5.76. The molecule has 136 valence electrons. The summed E-state index contributed by atoms with van der Waals surface area (Å²) in [6.45, 7) is 2.08. The van der Waals surface area contributed by atoms with Gasteiger partial charge in [-0.1, -0.05) is 10.9 Å². The lowest BCUT2D eigenvalue weighted by molar-refractivity contribution is -0.141. The molecule has 2 rings (SSSR count). The first-order valence-corrected chi connectivity index (χ1v) is 7.99. The zero-order valence-electron chi connectivity index (χ0n) is 12.8. The molecule has 2 aromatic rings. The highest BCUT2D eigenvalue weighted by Crippen LogP contribution is 2.29. The van der Waals surface area contributed by atoms with E-state index < -0.39 is 22.7 Å². The molecule has 0 saturated carbocycles. The second-order valence-electron chi connectivity index (χ2n) is 4.61. The topological polar surface area (TPSA) is 112 Å². The van der Waals surface area contributed by atoms with Crippen molar-refractivity contribution < 1.29 is 21.9 Å². The van der Waals surface area contributed by atoms with E-state index in [1.807, 2.05) is 0 Å². The van der Waals surface area contributed by atoms with Crippen LogP contribution < -0.4 is 16.2 Å². The molecule has 0 aliphatic carbocycles. The number of nitrogens with zero attached hydrogens (tertiary/aromatic N) is 3. The first-order chi connectivity index (χ1) is 11.8. The van der Waals surface area contributed by atoms with Crippen LogP contribution >= 0.6 is 0 Å². The maximum Gasteiger partial charge on any atom is 0.433 e. The van der Waals surface area contributed by atoms with Gasteiger partial charge in [0.2, 0.25) is 5.95 Å². The Morgan fingerprint density at radius 1 is 1.20 bits per heavy atom. The fraction of sp³-hybridized carbons (Fsp3) is 0.231. The molecule has 8 nitrogen and oxygen atoms in total. The number of hydrogen-bond acceptors (Lipinski definition) is 8. The number of alkyl halides is 3. The smallest absolute Gasteiger partial charge is 0.433 e. The van der Waals surface area contributed by atoms with E-state index in [4.69, 9.17) is 4.55 Å². The predicted molar refractivity (Wildman–Crippen MR) is 87.7 cm³/mol. The minimum absolute atomic E-state index is 0.0801. The fourth-order valence-electron chi connectivity index (χ4n) is 1.73. The Morgan fingerprint density at radius 3 is 2.44 bits per heavy atom. The fourth-order valence-corrected chi connectivity index (χ4v) is 2.03. The highest BCUT2D eigenvalue weighted by molar-refractivity contribution is 7.68. The zero-order valence-corrected chi connectivity index (χ0v) is 13.6. The standard InChI is InChI=1S/C13H14F3N6O2S/c1-2-17-12-18-10(13(14,15)16)7-11(19-12)21-20-8-3-5-9(6-4-8)22-25(23)24/h3-7,20H,2H2,1H3,(H,22,23,24)(H2,17,18,19,21)/q-1. The Balaban J connectivity index is 2.15. The Labute approximate surface area is 142 Å². The monoisotopic (exact) mass is 375 g/mol. The number of hydrogen-bond donors (Lipinski definition) is 4. The molecule has 0 spiro atoms. The molecule has 0 aliphatic rings. The summed E-state index contributed by atoms with van der Waals surface area (Å²) in [5.74, 6) is -0.232. The first kappa shape index (κ1) is 18.7. The van der Waals surface area contributed by atoms with Gasteiger partial charge in [0.25, 0.3) is 0 Å². The molecule has 12 heteroatoms. The maximum atomic E-state index is 12.9. The van der Waals surface area contributed by atoms with Crippen LogP contribution in [-0.2, 0) is 21.3 Å². The lowest BCUT2D eigenvalue weighted by Gasteiger charge is -2.13. The van der Waals surface area contributed by atoms with Crippen LogP contribution in [0.5, 0.6) is 0 Å².